The molecule has 3 saturated heterocycles. The molecule has 0 radical (unpaired) electrons. The molecule has 2 bridgehead atoms. The van der Waals surface area contributed by atoms with Crippen LogP contribution >= 0.6 is 15.6 Å². The molecule has 7 heterocycles. The minimum atomic E-state index is -5.15. The highest BCUT2D eigenvalue weighted by atomic mass is 31.2. The van der Waals surface area contributed by atoms with Gasteiger partial charge in [-0.2, -0.15) is 4.98 Å². The molecule has 47 heavy (non-hydrogen) atoms. The molecule has 10 atom stereocenters. The fraction of sp³-hybridized carbons (Fsp3) is 0.500. The summed E-state index contributed by atoms with van der Waals surface area (Å²) in [6.07, 6.45) is -7.50. The van der Waals surface area contributed by atoms with E-state index in [9.17, 15) is 34.3 Å². The summed E-state index contributed by atoms with van der Waals surface area (Å²) in [5.74, 6) is -0.271. The lowest BCUT2D eigenvalue weighted by Crippen LogP contribution is -2.35. The van der Waals surface area contributed by atoms with Crippen molar-refractivity contribution in [2.24, 2.45) is 5.11 Å². The van der Waals surface area contributed by atoms with Crippen molar-refractivity contribution in [3.05, 3.63) is 39.8 Å². The number of phosphoric ester groups is 2. The van der Waals surface area contributed by atoms with Crippen molar-refractivity contribution >= 4 is 49.7 Å². The number of nitrogens with one attached hydrogen (secondary N) is 1. The summed E-state index contributed by atoms with van der Waals surface area (Å²) in [7, 11) is -10.3. The van der Waals surface area contributed by atoms with E-state index in [0.29, 0.717) is 0 Å². The molecule has 7 rings (SSSR count). The molecule has 8 N–H and O–H groups in total. The number of aliphatic hydroxyl groups is 1. The normalized spacial score (nSPS) is 36.3. The summed E-state index contributed by atoms with van der Waals surface area (Å²) >= 11 is 0. The van der Waals surface area contributed by atoms with Gasteiger partial charge in [0.25, 0.3) is 5.56 Å². The summed E-state index contributed by atoms with van der Waals surface area (Å²) in [6.45, 7) is -1.68. The fourth-order valence-electron chi connectivity index (χ4n) is 5.48. The van der Waals surface area contributed by atoms with Crippen LogP contribution in [-0.4, -0.2) is 104 Å². The second kappa shape index (κ2) is 11.6. The Kier molecular flexibility index (Phi) is 7.75. The number of hydrogen-bond donors (Lipinski definition) is 6. The zero-order valence-electron chi connectivity index (χ0n) is 23.3. The van der Waals surface area contributed by atoms with Gasteiger partial charge in [0.2, 0.25) is 5.95 Å². The van der Waals surface area contributed by atoms with Crippen molar-refractivity contribution in [3.63, 3.8) is 0 Å². The van der Waals surface area contributed by atoms with E-state index < -0.39 is 83.4 Å². The highest BCUT2D eigenvalue weighted by Gasteiger charge is 2.54. The Bertz CT molecular complexity index is 2070. The average Bonchev–Trinajstić information content (AvgIpc) is 3.76. The van der Waals surface area contributed by atoms with Gasteiger partial charge in [-0.05, 0) is 5.53 Å². The second-order valence-electron chi connectivity index (χ2n) is 10.3. The van der Waals surface area contributed by atoms with Crippen molar-refractivity contribution in [1.82, 2.24) is 39.0 Å². The first kappa shape index (κ1) is 31.5. The largest absolute Gasteiger partial charge is 0.472 e. The molecule has 250 valence electrons. The quantitative estimate of drug-likeness (QED) is 0.0644. The number of aliphatic hydroxyl groups excluding tert-OH is 1. The van der Waals surface area contributed by atoms with Crippen LogP contribution < -0.4 is 17.0 Å². The summed E-state index contributed by atoms with van der Waals surface area (Å²) in [5, 5.41) is 14.7. The van der Waals surface area contributed by atoms with Crippen LogP contribution in [0.4, 0.5) is 11.8 Å². The minimum absolute atomic E-state index is 0.0212. The molecule has 0 saturated carbocycles. The number of aromatic amines is 1. The van der Waals surface area contributed by atoms with Crippen LogP contribution in [0.1, 0.15) is 12.5 Å². The molecule has 0 spiro atoms. The van der Waals surface area contributed by atoms with Crippen LogP contribution in [0.5, 0.6) is 0 Å². The Hall–Kier alpha value is -4.09. The molecule has 0 amide bonds. The smallest absolute Gasteiger partial charge is 0.387 e. The molecule has 0 aliphatic carbocycles. The number of hydrogen-bond acceptors (Lipinski definition) is 18. The minimum Gasteiger partial charge on any atom is -0.387 e. The van der Waals surface area contributed by atoms with Gasteiger partial charge in [-0.15, -0.1) is 0 Å². The second-order valence-corrected chi connectivity index (χ2v) is 13.2. The van der Waals surface area contributed by atoms with E-state index in [-0.39, 0.29) is 34.1 Å². The van der Waals surface area contributed by atoms with Crippen LogP contribution in [0.15, 0.2) is 28.9 Å². The number of imidazole rings is 2. The number of H-pyrrole nitrogens is 1. The number of phosphoric acid groups is 2. The lowest BCUT2D eigenvalue weighted by molar-refractivity contribution is -0.0670. The zero-order chi connectivity index (χ0) is 33.2. The number of rotatable bonds is 3. The molecule has 3 aliphatic heterocycles. The molecule has 0 aromatic carbocycles. The first-order valence-electron chi connectivity index (χ1n) is 13.4. The van der Waals surface area contributed by atoms with Crippen LogP contribution in [0.25, 0.3) is 32.8 Å². The number of nitrogen functional groups attached to an aromatic ring is 2. The van der Waals surface area contributed by atoms with Crippen molar-refractivity contribution < 1.29 is 51.6 Å². The Labute approximate surface area is 259 Å². The third-order valence-electron chi connectivity index (χ3n) is 7.51. The Morgan fingerprint density at radius 2 is 1.57 bits per heavy atom. The number of anilines is 2. The zero-order valence-corrected chi connectivity index (χ0v) is 25.1. The van der Waals surface area contributed by atoms with E-state index in [2.05, 4.69) is 39.9 Å². The van der Waals surface area contributed by atoms with Gasteiger partial charge in [-0.25, -0.2) is 29.1 Å². The molecule has 3 aliphatic rings. The molecule has 4 aromatic rings. The van der Waals surface area contributed by atoms with Gasteiger partial charge in [0.15, 0.2) is 28.9 Å². The summed E-state index contributed by atoms with van der Waals surface area (Å²) in [6, 6.07) is -1.43. The number of nitrogens with two attached hydrogens (primary N) is 2. The highest BCUT2D eigenvalue weighted by Crippen LogP contribution is 2.54. The van der Waals surface area contributed by atoms with Crippen molar-refractivity contribution in [3.8, 4) is 0 Å². The summed E-state index contributed by atoms with van der Waals surface area (Å²) in [5.41, 5.74) is 20.1. The third-order valence-corrected chi connectivity index (χ3v) is 9.48. The monoisotopic (exact) mass is 699 g/mol. The molecular weight excluding hydrogens is 676 g/mol. The number of nitrogens with zero attached hydrogens (tertiary/aromatic N) is 10. The maximum Gasteiger partial charge on any atom is 0.472 e. The lowest BCUT2D eigenvalue weighted by Gasteiger charge is -2.26. The van der Waals surface area contributed by atoms with Crippen molar-refractivity contribution in [2.45, 2.75) is 49.0 Å². The van der Waals surface area contributed by atoms with Crippen LogP contribution in [0, 0.1) is 0 Å². The van der Waals surface area contributed by atoms with Gasteiger partial charge in [-0.3, -0.25) is 37.0 Å². The van der Waals surface area contributed by atoms with Crippen LogP contribution in [0.2, 0.25) is 0 Å². The third kappa shape index (κ3) is 5.63. The van der Waals surface area contributed by atoms with Gasteiger partial charge in [0.05, 0.1) is 25.9 Å². The van der Waals surface area contributed by atoms with Crippen molar-refractivity contribution in [1.29, 1.82) is 0 Å². The molecule has 27 heteroatoms. The predicted octanol–water partition coefficient (Wildman–Crippen LogP) is -1.02. The van der Waals surface area contributed by atoms with Gasteiger partial charge in [0.1, 0.15) is 54.6 Å². The van der Waals surface area contributed by atoms with E-state index in [0.717, 1.165) is 17.2 Å². The summed E-state index contributed by atoms with van der Waals surface area (Å²) in [4.78, 5) is 58.9. The Morgan fingerprint density at radius 1 is 0.936 bits per heavy atom. The van der Waals surface area contributed by atoms with E-state index in [1.807, 2.05) is 0 Å². The van der Waals surface area contributed by atoms with Gasteiger partial charge in [-0.1, -0.05) is 5.11 Å². The molecule has 4 unspecified atom stereocenters. The van der Waals surface area contributed by atoms with E-state index in [1.54, 1.807) is 0 Å². The number of fused-ring (bicyclic) bond motifs is 5. The maximum atomic E-state index is 13.3. The molecular formula is C20H23N13O12P2. The van der Waals surface area contributed by atoms with E-state index in [1.165, 1.54) is 10.9 Å². The first-order valence-corrected chi connectivity index (χ1v) is 16.3. The Balaban J connectivity index is 1.23. The molecule has 4 aromatic heterocycles. The number of aromatic nitrogens is 8. The molecule has 3 fully saturated rings. The maximum absolute atomic E-state index is 13.3. The number of ether oxygens (including phenoxy) is 2. The van der Waals surface area contributed by atoms with Gasteiger partial charge < -0.3 is 35.8 Å². The topological polar surface area (TPSA) is 358 Å². The van der Waals surface area contributed by atoms with Crippen molar-refractivity contribution in [2.75, 3.05) is 24.7 Å². The van der Waals surface area contributed by atoms with Gasteiger partial charge in [0, 0.05) is 4.91 Å². The standard InChI is InChI=1S/C20H23N13O12P2/c21-14-9-15(25-3-24-14)32(4-26-9)18-8(30-31-23)12-7(43-18)2-41-47(38,39)45-13-11(34)6(1-40-46(36,37)44-12)42-19(13)33-5-27-10-16(33)28-20(22)29-17(10)35/h3-8,11-13,18-19,34H,1-2H2,(H,36,37)(H,38,39)(H2,21,24,25)(H3,22,28,29,35)/t6-,7-,8?,11?,12+,13+,18-,19-/m1/s1. The first-order chi connectivity index (χ1) is 22.4. The van der Waals surface area contributed by atoms with Crippen LogP contribution in [0.3, 0.4) is 0 Å². The predicted molar refractivity (Wildman–Crippen MR) is 150 cm³/mol. The summed E-state index contributed by atoms with van der Waals surface area (Å²) < 4.78 is 61.8. The van der Waals surface area contributed by atoms with Gasteiger partial charge >= 0.3 is 15.6 Å². The highest BCUT2D eigenvalue weighted by molar-refractivity contribution is 7.47. The van der Waals surface area contributed by atoms with E-state index >= 15 is 0 Å². The molecule has 25 nitrogen and oxygen atoms in total. The van der Waals surface area contributed by atoms with E-state index in [4.69, 9.17) is 39.0 Å². The van der Waals surface area contributed by atoms with Crippen LogP contribution in [-0.2, 0) is 36.7 Å². The fourth-order valence-corrected chi connectivity index (χ4v) is 7.38. The number of azide groups is 1. The lowest BCUT2D eigenvalue weighted by atomic mass is 10.1. The SMILES string of the molecule is [N-]=[N+]=NC1[C@H]2OP(=O)(O)OC[C@H]3O[C@@H](n4cnc5c(=O)[nH]c(N)nc54)[C@@H](OP(=O)(O)OC[C@H]2O[C@H]1n1cnc2c(N)ncnc21)C3O. The average molecular weight is 699 g/mol. The Morgan fingerprint density at radius 3 is 2.30 bits per heavy atom.